The quantitative estimate of drug-likeness (QED) is 0.787. The number of nitriles is 1. The Kier molecular flexibility index (Phi) is 4.97. The van der Waals surface area contributed by atoms with Crippen molar-refractivity contribution in [2.75, 3.05) is 11.9 Å². The fourth-order valence-electron chi connectivity index (χ4n) is 2.56. The minimum atomic E-state index is -0.212. The molecule has 0 saturated heterocycles. The highest BCUT2D eigenvalue weighted by Gasteiger charge is 2.21. The van der Waals surface area contributed by atoms with Gasteiger partial charge in [-0.15, -0.1) is 0 Å². The van der Waals surface area contributed by atoms with Gasteiger partial charge < -0.3 is 16.4 Å². The van der Waals surface area contributed by atoms with Gasteiger partial charge in [0.2, 0.25) is 0 Å². The van der Waals surface area contributed by atoms with Crippen LogP contribution in [0.3, 0.4) is 0 Å². The third-order valence-electron chi connectivity index (χ3n) is 3.76. The molecule has 5 nitrogen and oxygen atoms in total. The summed E-state index contributed by atoms with van der Waals surface area (Å²) in [4.78, 5) is 11.9. The van der Waals surface area contributed by atoms with Crippen molar-refractivity contribution in [3.05, 3.63) is 29.8 Å². The van der Waals surface area contributed by atoms with Gasteiger partial charge in [-0.2, -0.15) is 5.26 Å². The van der Waals surface area contributed by atoms with Gasteiger partial charge in [-0.3, -0.25) is 0 Å². The van der Waals surface area contributed by atoms with Gasteiger partial charge in [-0.05, 0) is 56.3 Å². The molecule has 0 unspecified atom stereocenters. The molecular formula is C15H20N4O. The second-order valence-corrected chi connectivity index (χ2v) is 5.24. The van der Waals surface area contributed by atoms with E-state index >= 15 is 0 Å². The molecule has 2 rings (SSSR count). The first kappa shape index (κ1) is 14.4. The van der Waals surface area contributed by atoms with E-state index in [0.29, 0.717) is 17.2 Å². The van der Waals surface area contributed by atoms with Gasteiger partial charge in [0.05, 0.1) is 11.6 Å². The van der Waals surface area contributed by atoms with E-state index in [-0.39, 0.29) is 12.1 Å². The molecule has 0 atom stereocenters. The molecule has 0 bridgehead atoms. The summed E-state index contributed by atoms with van der Waals surface area (Å²) in [6.07, 6.45) is 4.11. The summed E-state index contributed by atoms with van der Waals surface area (Å²) in [6.45, 7) is 0.736. The van der Waals surface area contributed by atoms with Crippen molar-refractivity contribution in [2.24, 2.45) is 11.7 Å². The summed E-state index contributed by atoms with van der Waals surface area (Å²) in [6, 6.07) is 8.94. The van der Waals surface area contributed by atoms with Gasteiger partial charge >= 0.3 is 6.03 Å². The lowest BCUT2D eigenvalue weighted by atomic mass is 9.86. The Morgan fingerprint density at radius 3 is 2.75 bits per heavy atom. The van der Waals surface area contributed by atoms with E-state index in [1.165, 1.54) is 0 Å². The molecule has 0 spiro atoms. The van der Waals surface area contributed by atoms with Gasteiger partial charge in [0.15, 0.2) is 0 Å². The lowest BCUT2D eigenvalue weighted by Gasteiger charge is -2.28. The Bertz CT molecular complexity index is 501. The van der Waals surface area contributed by atoms with Crippen molar-refractivity contribution < 1.29 is 4.79 Å². The smallest absolute Gasteiger partial charge is 0.319 e. The molecule has 1 saturated carbocycles. The van der Waals surface area contributed by atoms with Crippen LogP contribution in [-0.4, -0.2) is 18.6 Å². The highest BCUT2D eigenvalue weighted by atomic mass is 16.2. The fourth-order valence-corrected chi connectivity index (χ4v) is 2.56. The molecule has 1 fully saturated rings. The van der Waals surface area contributed by atoms with Crippen LogP contribution in [0.1, 0.15) is 31.2 Å². The van der Waals surface area contributed by atoms with Crippen molar-refractivity contribution in [1.82, 2.24) is 5.32 Å². The average Bonchev–Trinajstić information content (AvgIpc) is 2.48. The first-order valence-electron chi connectivity index (χ1n) is 6.99. The molecule has 1 aromatic rings. The molecule has 5 heteroatoms. The summed E-state index contributed by atoms with van der Waals surface area (Å²) < 4.78 is 0. The number of anilines is 1. The van der Waals surface area contributed by atoms with Gasteiger partial charge in [-0.25, -0.2) is 4.79 Å². The molecule has 0 radical (unpaired) electrons. The predicted octanol–water partition coefficient (Wildman–Crippen LogP) is 2.20. The number of benzene rings is 1. The number of amides is 2. The monoisotopic (exact) mass is 272 g/mol. The van der Waals surface area contributed by atoms with Crippen LogP contribution in [0.15, 0.2) is 24.3 Å². The van der Waals surface area contributed by atoms with E-state index in [1.807, 2.05) is 6.07 Å². The maximum atomic E-state index is 11.9. The molecule has 106 valence electrons. The number of nitrogens with zero attached hydrogens (tertiary/aromatic N) is 1. The van der Waals surface area contributed by atoms with E-state index in [2.05, 4.69) is 10.6 Å². The second-order valence-electron chi connectivity index (χ2n) is 5.24. The van der Waals surface area contributed by atoms with Gasteiger partial charge in [0.25, 0.3) is 0 Å². The largest absolute Gasteiger partial charge is 0.335 e. The highest BCUT2D eigenvalue weighted by Crippen LogP contribution is 2.23. The van der Waals surface area contributed by atoms with Crippen LogP contribution in [0.2, 0.25) is 0 Å². The zero-order valence-electron chi connectivity index (χ0n) is 11.4. The van der Waals surface area contributed by atoms with Crippen LogP contribution in [0.25, 0.3) is 0 Å². The summed E-state index contributed by atoms with van der Waals surface area (Å²) >= 11 is 0. The topological polar surface area (TPSA) is 90.9 Å². The summed E-state index contributed by atoms with van der Waals surface area (Å²) in [5, 5.41) is 14.6. The molecule has 1 aromatic carbocycles. The maximum Gasteiger partial charge on any atom is 0.319 e. The van der Waals surface area contributed by atoms with Crippen LogP contribution in [0, 0.1) is 17.2 Å². The molecular weight excluding hydrogens is 252 g/mol. The van der Waals surface area contributed by atoms with Gasteiger partial charge in [-0.1, -0.05) is 6.07 Å². The summed E-state index contributed by atoms with van der Waals surface area (Å²) in [5.74, 6) is 0.600. The van der Waals surface area contributed by atoms with Crippen LogP contribution in [0.4, 0.5) is 10.5 Å². The molecule has 1 aliphatic carbocycles. The van der Waals surface area contributed by atoms with Crippen molar-refractivity contribution in [3.8, 4) is 6.07 Å². The summed E-state index contributed by atoms with van der Waals surface area (Å²) in [5.41, 5.74) is 6.82. The van der Waals surface area contributed by atoms with E-state index in [1.54, 1.807) is 24.3 Å². The molecule has 0 aliphatic heterocycles. The number of hydrogen-bond acceptors (Lipinski definition) is 3. The third kappa shape index (κ3) is 3.97. The van der Waals surface area contributed by atoms with E-state index in [4.69, 9.17) is 11.0 Å². The predicted molar refractivity (Wildman–Crippen MR) is 78.1 cm³/mol. The first-order chi connectivity index (χ1) is 9.71. The minimum absolute atomic E-state index is 0.212. The van der Waals surface area contributed by atoms with Crippen LogP contribution in [0.5, 0.6) is 0 Å². The normalized spacial score (nSPS) is 21.8. The van der Waals surface area contributed by atoms with E-state index < -0.39 is 0 Å². The number of nitrogens with one attached hydrogen (secondary N) is 2. The zero-order chi connectivity index (χ0) is 14.4. The Labute approximate surface area is 119 Å². The van der Waals surface area contributed by atoms with Crippen LogP contribution in [-0.2, 0) is 0 Å². The SMILES string of the molecule is N#Cc1cccc(NC(=O)N[C@H]2CC[C@@H](CN)CC2)c1. The van der Waals surface area contributed by atoms with E-state index in [9.17, 15) is 4.79 Å². The number of carbonyl (C=O) groups excluding carboxylic acids is 1. The lowest BCUT2D eigenvalue weighted by molar-refractivity contribution is 0.238. The lowest BCUT2D eigenvalue weighted by Crippen LogP contribution is -2.40. The zero-order valence-corrected chi connectivity index (χ0v) is 11.4. The van der Waals surface area contributed by atoms with Gasteiger partial charge in [0, 0.05) is 11.7 Å². The van der Waals surface area contributed by atoms with Crippen molar-refractivity contribution in [2.45, 2.75) is 31.7 Å². The van der Waals surface area contributed by atoms with Crippen molar-refractivity contribution in [1.29, 1.82) is 5.26 Å². The molecule has 4 N–H and O–H groups in total. The molecule has 0 heterocycles. The van der Waals surface area contributed by atoms with Crippen molar-refractivity contribution in [3.63, 3.8) is 0 Å². The van der Waals surface area contributed by atoms with Crippen molar-refractivity contribution >= 4 is 11.7 Å². The Balaban J connectivity index is 1.82. The Morgan fingerprint density at radius 2 is 2.10 bits per heavy atom. The maximum absolute atomic E-state index is 11.9. The second kappa shape index (κ2) is 6.92. The number of hydrogen-bond donors (Lipinski definition) is 3. The minimum Gasteiger partial charge on any atom is -0.335 e. The molecule has 0 aromatic heterocycles. The average molecular weight is 272 g/mol. The van der Waals surface area contributed by atoms with Crippen LogP contribution >= 0.6 is 0 Å². The number of urea groups is 1. The molecule has 1 aliphatic rings. The Morgan fingerprint density at radius 1 is 1.35 bits per heavy atom. The molecule has 20 heavy (non-hydrogen) atoms. The number of rotatable bonds is 3. The fraction of sp³-hybridized carbons (Fsp3) is 0.467. The standard InChI is InChI=1S/C15H20N4O/c16-9-11-4-6-13(7-5-11)18-15(20)19-14-3-1-2-12(8-14)10-17/h1-3,8,11,13H,4-7,9,16H2,(H2,18,19,20)/t11-,13+. The van der Waals surface area contributed by atoms with Crippen LogP contribution < -0.4 is 16.4 Å². The number of nitrogens with two attached hydrogens (primary N) is 1. The Hall–Kier alpha value is -2.06. The number of carbonyl (C=O) groups is 1. The summed E-state index contributed by atoms with van der Waals surface area (Å²) in [7, 11) is 0. The van der Waals surface area contributed by atoms with Gasteiger partial charge in [0.1, 0.15) is 0 Å². The van der Waals surface area contributed by atoms with E-state index in [0.717, 1.165) is 32.2 Å². The third-order valence-corrected chi connectivity index (χ3v) is 3.76. The highest BCUT2D eigenvalue weighted by molar-refractivity contribution is 5.89. The molecule has 2 amide bonds. The first-order valence-corrected chi connectivity index (χ1v) is 6.99.